The average Bonchev–Trinajstić information content (AvgIpc) is 2.29. The number of pyridine rings is 1. The van der Waals surface area contributed by atoms with Crippen LogP contribution in [0.3, 0.4) is 0 Å². The van der Waals surface area contributed by atoms with Crippen LogP contribution in [0.15, 0.2) is 42.7 Å². The summed E-state index contributed by atoms with van der Waals surface area (Å²) in [7, 11) is 0. The molecule has 0 aliphatic carbocycles. The van der Waals surface area contributed by atoms with E-state index in [1.165, 1.54) is 12.3 Å². The summed E-state index contributed by atoms with van der Waals surface area (Å²) in [5.41, 5.74) is 8.27. The van der Waals surface area contributed by atoms with Crippen molar-refractivity contribution >= 4 is 0 Å². The first-order chi connectivity index (χ1) is 7.29. The Bertz CT molecular complexity index is 469. The van der Waals surface area contributed by atoms with E-state index in [2.05, 4.69) is 4.98 Å². The van der Waals surface area contributed by atoms with Gasteiger partial charge in [-0.25, -0.2) is 4.39 Å². The Labute approximate surface area is 87.6 Å². The maximum absolute atomic E-state index is 12.9. The topological polar surface area (TPSA) is 38.9 Å². The van der Waals surface area contributed by atoms with E-state index in [0.29, 0.717) is 6.54 Å². The van der Waals surface area contributed by atoms with Crippen LogP contribution in [0.5, 0.6) is 0 Å². The fraction of sp³-hybridized carbons (Fsp3) is 0.0833. The summed E-state index contributed by atoms with van der Waals surface area (Å²) in [5.74, 6) is -0.328. The van der Waals surface area contributed by atoms with E-state index in [0.717, 1.165) is 16.7 Å². The van der Waals surface area contributed by atoms with E-state index in [9.17, 15) is 4.39 Å². The molecule has 76 valence electrons. The van der Waals surface area contributed by atoms with Gasteiger partial charge >= 0.3 is 0 Å². The second kappa shape index (κ2) is 4.19. The van der Waals surface area contributed by atoms with Gasteiger partial charge in [-0.1, -0.05) is 18.2 Å². The van der Waals surface area contributed by atoms with E-state index in [1.807, 2.05) is 24.3 Å². The van der Waals surface area contributed by atoms with Crippen LogP contribution in [0.2, 0.25) is 0 Å². The Morgan fingerprint density at radius 3 is 2.73 bits per heavy atom. The van der Waals surface area contributed by atoms with Gasteiger partial charge in [0.05, 0.1) is 6.20 Å². The molecule has 0 fully saturated rings. The first-order valence-electron chi connectivity index (χ1n) is 4.69. The lowest BCUT2D eigenvalue weighted by molar-refractivity contribution is 0.622. The summed E-state index contributed by atoms with van der Waals surface area (Å²) in [5, 5.41) is 0. The molecule has 0 unspecified atom stereocenters. The molecule has 0 spiro atoms. The van der Waals surface area contributed by atoms with Gasteiger partial charge in [0.2, 0.25) is 0 Å². The van der Waals surface area contributed by atoms with Gasteiger partial charge in [-0.15, -0.1) is 0 Å². The molecule has 0 atom stereocenters. The molecule has 3 heteroatoms. The summed E-state index contributed by atoms with van der Waals surface area (Å²) < 4.78 is 12.9. The van der Waals surface area contributed by atoms with Gasteiger partial charge in [-0.05, 0) is 23.3 Å². The van der Waals surface area contributed by atoms with Gasteiger partial charge in [-0.2, -0.15) is 0 Å². The number of benzene rings is 1. The molecule has 2 rings (SSSR count). The average molecular weight is 202 g/mol. The quantitative estimate of drug-likeness (QED) is 0.811. The molecule has 15 heavy (non-hydrogen) atoms. The van der Waals surface area contributed by atoms with Gasteiger partial charge in [-0.3, -0.25) is 4.98 Å². The lowest BCUT2D eigenvalue weighted by atomic mass is 10.0. The van der Waals surface area contributed by atoms with Crippen LogP contribution in [-0.2, 0) is 6.54 Å². The monoisotopic (exact) mass is 202 g/mol. The lowest BCUT2D eigenvalue weighted by Gasteiger charge is -2.03. The lowest BCUT2D eigenvalue weighted by Crippen LogP contribution is -1.95. The molecular weight excluding hydrogens is 191 g/mol. The SMILES string of the molecule is NCc1cccc(-c2cncc(F)c2)c1. The van der Waals surface area contributed by atoms with E-state index in [4.69, 9.17) is 5.73 Å². The van der Waals surface area contributed by atoms with Crippen molar-refractivity contribution in [2.45, 2.75) is 6.54 Å². The number of rotatable bonds is 2. The highest BCUT2D eigenvalue weighted by Crippen LogP contribution is 2.19. The molecule has 1 aromatic heterocycles. The fourth-order valence-electron chi connectivity index (χ4n) is 1.45. The third kappa shape index (κ3) is 2.19. The maximum Gasteiger partial charge on any atom is 0.142 e. The van der Waals surface area contributed by atoms with Gasteiger partial charge < -0.3 is 5.73 Å². The van der Waals surface area contributed by atoms with Crippen LogP contribution in [-0.4, -0.2) is 4.98 Å². The molecular formula is C12H11FN2. The molecule has 0 aliphatic heterocycles. The smallest absolute Gasteiger partial charge is 0.142 e. The van der Waals surface area contributed by atoms with E-state index >= 15 is 0 Å². The minimum Gasteiger partial charge on any atom is -0.326 e. The summed E-state index contributed by atoms with van der Waals surface area (Å²) in [6, 6.07) is 9.16. The van der Waals surface area contributed by atoms with Gasteiger partial charge in [0.25, 0.3) is 0 Å². The first-order valence-corrected chi connectivity index (χ1v) is 4.69. The number of nitrogens with zero attached hydrogens (tertiary/aromatic N) is 1. The second-order valence-corrected chi connectivity index (χ2v) is 3.30. The highest BCUT2D eigenvalue weighted by Gasteiger charge is 2.00. The third-order valence-corrected chi connectivity index (χ3v) is 2.20. The fourth-order valence-corrected chi connectivity index (χ4v) is 1.45. The van der Waals surface area contributed by atoms with Crippen molar-refractivity contribution in [2.75, 3.05) is 0 Å². The predicted molar refractivity (Wildman–Crippen MR) is 57.5 cm³/mol. The number of aromatic nitrogens is 1. The molecule has 1 aromatic carbocycles. The minimum atomic E-state index is -0.328. The van der Waals surface area contributed by atoms with E-state index in [1.54, 1.807) is 6.20 Å². The predicted octanol–water partition coefficient (Wildman–Crippen LogP) is 2.35. The van der Waals surface area contributed by atoms with Crippen molar-refractivity contribution in [2.24, 2.45) is 5.73 Å². The highest BCUT2D eigenvalue weighted by molar-refractivity contribution is 5.63. The third-order valence-electron chi connectivity index (χ3n) is 2.20. The van der Waals surface area contributed by atoms with Crippen LogP contribution in [0.1, 0.15) is 5.56 Å². The van der Waals surface area contributed by atoms with Crippen LogP contribution in [0.25, 0.3) is 11.1 Å². The largest absolute Gasteiger partial charge is 0.326 e. The molecule has 1 heterocycles. The molecule has 0 saturated heterocycles. The van der Waals surface area contributed by atoms with E-state index < -0.39 is 0 Å². The Kier molecular flexibility index (Phi) is 2.74. The summed E-state index contributed by atoms with van der Waals surface area (Å²) >= 11 is 0. The van der Waals surface area contributed by atoms with Crippen molar-refractivity contribution in [1.82, 2.24) is 4.98 Å². The minimum absolute atomic E-state index is 0.328. The molecule has 2 N–H and O–H groups in total. The molecule has 0 aliphatic rings. The number of hydrogen-bond acceptors (Lipinski definition) is 2. The summed E-state index contributed by atoms with van der Waals surface area (Å²) in [6.45, 7) is 0.483. The molecule has 2 nitrogen and oxygen atoms in total. The number of nitrogens with two attached hydrogens (primary N) is 1. The van der Waals surface area contributed by atoms with Crippen molar-refractivity contribution < 1.29 is 4.39 Å². The molecule has 2 aromatic rings. The van der Waals surface area contributed by atoms with Crippen molar-refractivity contribution in [3.8, 4) is 11.1 Å². The Hall–Kier alpha value is -1.74. The van der Waals surface area contributed by atoms with Crippen molar-refractivity contribution in [3.63, 3.8) is 0 Å². The Morgan fingerprint density at radius 1 is 1.13 bits per heavy atom. The maximum atomic E-state index is 12.9. The van der Waals surface area contributed by atoms with Crippen molar-refractivity contribution in [1.29, 1.82) is 0 Å². The van der Waals surface area contributed by atoms with Crippen LogP contribution >= 0.6 is 0 Å². The normalized spacial score (nSPS) is 10.3. The Morgan fingerprint density at radius 2 is 2.00 bits per heavy atom. The highest BCUT2D eigenvalue weighted by atomic mass is 19.1. The van der Waals surface area contributed by atoms with E-state index in [-0.39, 0.29) is 5.82 Å². The number of halogens is 1. The van der Waals surface area contributed by atoms with Crippen LogP contribution in [0, 0.1) is 5.82 Å². The second-order valence-electron chi connectivity index (χ2n) is 3.30. The standard InChI is InChI=1S/C12H11FN2/c13-12-5-11(7-15-8-12)10-3-1-2-9(4-10)6-14/h1-5,7-8H,6,14H2. The van der Waals surface area contributed by atoms with Crippen molar-refractivity contribution in [3.05, 3.63) is 54.1 Å². The first kappa shape index (κ1) is 9.80. The van der Waals surface area contributed by atoms with Crippen LogP contribution < -0.4 is 5.73 Å². The van der Waals surface area contributed by atoms with Gasteiger partial charge in [0.1, 0.15) is 5.82 Å². The molecule has 0 bridgehead atoms. The zero-order valence-corrected chi connectivity index (χ0v) is 8.15. The van der Waals surface area contributed by atoms with Crippen LogP contribution in [0.4, 0.5) is 4.39 Å². The zero-order chi connectivity index (χ0) is 10.7. The Balaban J connectivity index is 2.44. The number of hydrogen-bond donors (Lipinski definition) is 1. The summed E-state index contributed by atoms with van der Waals surface area (Å²) in [4.78, 5) is 3.81. The summed E-state index contributed by atoms with van der Waals surface area (Å²) in [6.07, 6.45) is 2.83. The zero-order valence-electron chi connectivity index (χ0n) is 8.15. The van der Waals surface area contributed by atoms with Gasteiger partial charge in [0, 0.05) is 18.3 Å². The molecule has 0 saturated carbocycles. The van der Waals surface area contributed by atoms with Gasteiger partial charge in [0.15, 0.2) is 0 Å². The molecule has 0 radical (unpaired) electrons. The molecule has 0 amide bonds.